The van der Waals surface area contributed by atoms with Gasteiger partial charge in [0.2, 0.25) is 0 Å². The quantitative estimate of drug-likeness (QED) is 0.279. The van der Waals surface area contributed by atoms with Gasteiger partial charge in [-0.15, -0.1) is 11.6 Å². The van der Waals surface area contributed by atoms with Crippen LogP contribution in [0.15, 0.2) is 23.8 Å². The minimum absolute atomic E-state index is 0.0278. The summed E-state index contributed by atoms with van der Waals surface area (Å²) in [6.07, 6.45) is 4.09. The fraction of sp³-hybridized carbons (Fsp3) is 0.500. The van der Waals surface area contributed by atoms with E-state index in [9.17, 15) is 4.79 Å². The average Bonchev–Trinajstić information content (AvgIpc) is 2.00. The fourth-order valence-electron chi connectivity index (χ4n) is 0.800. The monoisotopic (exact) mass is 186 g/mol. The molecule has 0 aromatic carbocycles. The Morgan fingerprint density at radius 3 is 2.58 bits per heavy atom. The summed E-state index contributed by atoms with van der Waals surface area (Å²) < 4.78 is 0. The van der Waals surface area contributed by atoms with E-state index in [0.717, 1.165) is 30.3 Å². The first-order valence-electron chi connectivity index (χ1n) is 3.98. The molecule has 0 aliphatic carbocycles. The third kappa shape index (κ3) is 5.14. The molecule has 0 saturated carbocycles. The average molecular weight is 187 g/mol. The molecule has 2 heteroatoms. The highest BCUT2D eigenvalue weighted by molar-refractivity contribution is 6.22. The highest BCUT2D eigenvalue weighted by atomic mass is 35.5. The van der Waals surface area contributed by atoms with Crippen molar-refractivity contribution >= 4 is 17.9 Å². The zero-order valence-electron chi connectivity index (χ0n) is 7.64. The minimum atomic E-state index is 0.0278. The third-order valence-electron chi connectivity index (χ3n) is 1.68. The number of hydrogen-bond acceptors (Lipinski definition) is 1. The van der Waals surface area contributed by atoms with Gasteiger partial charge in [0, 0.05) is 0 Å². The van der Waals surface area contributed by atoms with Crippen LogP contribution in [0, 0.1) is 0 Å². The molecule has 1 unspecified atom stereocenters. The number of allylic oxidation sites excluding steroid dienone is 3. The van der Waals surface area contributed by atoms with Crippen LogP contribution in [0.2, 0.25) is 0 Å². The lowest BCUT2D eigenvalue weighted by atomic mass is 10.1. The second-order valence-corrected chi connectivity index (χ2v) is 3.53. The smallest absolute Gasteiger partial charge is 0.142 e. The largest absolute Gasteiger partial charge is 0.299 e. The Morgan fingerprint density at radius 1 is 1.58 bits per heavy atom. The van der Waals surface area contributed by atoms with E-state index in [2.05, 4.69) is 6.58 Å². The normalized spacial score (nSPS) is 14.1. The van der Waals surface area contributed by atoms with E-state index in [1.807, 2.05) is 13.8 Å². The van der Waals surface area contributed by atoms with Crippen molar-refractivity contribution in [2.24, 2.45) is 0 Å². The molecule has 1 nitrogen and oxygen atoms in total. The summed E-state index contributed by atoms with van der Waals surface area (Å²) in [6, 6.07) is 0. The SMILES string of the molecule is C=C(C)C(Cl)CCC(C)=CC=O. The predicted molar refractivity (Wildman–Crippen MR) is 53.5 cm³/mol. The number of alkyl halides is 1. The zero-order chi connectivity index (χ0) is 9.56. The van der Waals surface area contributed by atoms with E-state index in [1.165, 1.54) is 0 Å². The van der Waals surface area contributed by atoms with Gasteiger partial charge in [-0.25, -0.2) is 0 Å². The van der Waals surface area contributed by atoms with Crippen LogP contribution >= 0.6 is 11.6 Å². The van der Waals surface area contributed by atoms with E-state index in [-0.39, 0.29) is 5.38 Å². The number of hydrogen-bond donors (Lipinski definition) is 0. The van der Waals surface area contributed by atoms with E-state index in [0.29, 0.717) is 0 Å². The van der Waals surface area contributed by atoms with Crippen molar-refractivity contribution in [3.8, 4) is 0 Å². The van der Waals surface area contributed by atoms with Gasteiger partial charge < -0.3 is 0 Å². The first-order valence-corrected chi connectivity index (χ1v) is 4.42. The molecule has 1 atom stereocenters. The van der Waals surface area contributed by atoms with E-state index >= 15 is 0 Å². The Kier molecular flexibility index (Phi) is 5.73. The number of carbonyl (C=O) groups excluding carboxylic acids is 1. The van der Waals surface area contributed by atoms with E-state index in [4.69, 9.17) is 11.6 Å². The Labute approximate surface area is 79.1 Å². The van der Waals surface area contributed by atoms with Crippen molar-refractivity contribution in [3.05, 3.63) is 23.8 Å². The van der Waals surface area contributed by atoms with Crippen LogP contribution in [0.25, 0.3) is 0 Å². The van der Waals surface area contributed by atoms with Gasteiger partial charge in [0.15, 0.2) is 0 Å². The summed E-state index contributed by atoms with van der Waals surface area (Å²) >= 11 is 5.94. The molecule has 0 radical (unpaired) electrons. The molecular formula is C10H15ClO. The van der Waals surface area contributed by atoms with Crippen molar-refractivity contribution in [2.45, 2.75) is 32.1 Å². The molecule has 0 N–H and O–H groups in total. The maximum absolute atomic E-state index is 10.1. The molecule has 0 aliphatic rings. The van der Waals surface area contributed by atoms with Crippen LogP contribution in [0.3, 0.4) is 0 Å². The van der Waals surface area contributed by atoms with Crippen LogP contribution in [-0.4, -0.2) is 11.7 Å². The molecule has 0 bridgehead atoms. The molecule has 0 rings (SSSR count). The standard InChI is InChI=1S/C10H15ClO/c1-8(2)10(11)5-4-9(3)6-7-12/h6-7,10H,1,4-5H2,2-3H3. The van der Waals surface area contributed by atoms with E-state index < -0.39 is 0 Å². The molecular weight excluding hydrogens is 172 g/mol. The second kappa shape index (κ2) is 6.01. The lowest BCUT2D eigenvalue weighted by Gasteiger charge is -2.07. The Hall–Kier alpha value is -0.560. The summed E-state index contributed by atoms with van der Waals surface area (Å²) in [4.78, 5) is 10.1. The lowest BCUT2D eigenvalue weighted by Crippen LogP contribution is -1.99. The summed E-state index contributed by atoms with van der Waals surface area (Å²) in [5.74, 6) is 0. The molecule has 0 heterocycles. The van der Waals surface area contributed by atoms with Crippen molar-refractivity contribution < 1.29 is 4.79 Å². The van der Waals surface area contributed by atoms with Gasteiger partial charge >= 0.3 is 0 Å². The van der Waals surface area contributed by atoms with Gasteiger partial charge in [0.05, 0.1) is 5.38 Å². The van der Waals surface area contributed by atoms with Crippen LogP contribution in [-0.2, 0) is 4.79 Å². The summed E-state index contributed by atoms with van der Waals surface area (Å²) in [6.45, 7) is 7.60. The van der Waals surface area contributed by atoms with Gasteiger partial charge in [-0.05, 0) is 32.8 Å². The Balaban J connectivity index is 3.75. The second-order valence-electron chi connectivity index (χ2n) is 3.00. The fourth-order valence-corrected chi connectivity index (χ4v) is 0.909. The van der Waals surface area contributed by atoms with Crippen molar-refractivity contribution in [2.75, 3.05) is 0 Å². The Bertz CT molecular complexity index is 194. The van der Waals surface area contributed by atoms with E-state index in [1.54, 1.807) is 6.08 Å². The molecule has 0 aromatic rings. The highest BCUT2D eigenvalue weighted by Gasteiger charge is 2.04. The van der Waals surface area contributed by atoms with Crippen molar-refractivity contribution in [1.82, 2.24) is 0 Å². The number of carbonyl (C=O) groups is 1. The minimum Gasteiger partial charge on any atom is -0.299 e. The van der Waals surface area contributed by atoms with Crippen molar-refractivity contribution in [1.29, 1.82) is 0 Å². The van der Waals surface area contributed by atoms with Crippen LogP contribution in [0.5, 0.6) is 0 Å². The topological polar surface area (TPSA) is 17.1 Å². The summed E-state index contributed by atoms with van der Waals surface area (Å²) in [5.41, 5.74) is 2.05. The summed E-state index contributed by atoms with van der Waals surface area (Å²) in [7, 11) is 0. The molecule has 12 heavy (non-hydrogen) atoms. The first-order chi connectivity index (χ1) is 5.57. The van der Waals surface area contributed by atoms with Gasteiger partial charge in [-0.3, -0.25) is 4.79 Å². The molecule has 0 aromatic heterocycles. The Morgan fingerprint density at radius 2 is 2.17 bits per heavy atom. The number of halogens is 1. The maximum atomic E-state index is 10.1. The van der Waals surface area contributed by atoms with Crippen LogP contribution < -0.4 is 0 Å². The van der Waals surface area contributed by atoms with Gasteiger partial charge in [0.1, 0.15) is 6.29 Å². The van der Waals surface area contributed by atoms with Crippen LogP contribution in [0.4, 0.5) is 0 Å². The number of rotatable bonds is 5. The molecule has 0 fully saturated rings. The highest BCUT2D eigenvalue weighted by Crippen LogP contribution is 2.16. The first kappa shape index (κ1) is 11.4. The van der Waals surface area contributed by atoms with Crippen LogP contribution in [0.1, 0.15) is 26.7 Å². The van der Waals surface area contributed by atoms with Gasteiger partial charge in [-0.2, -0.15) is 0 Å². The maximum Gasteiger partial charge on any atom is 0.142 e. The van der Waals surface area contributed by atoms with Crippen molar-refractivity contribution in [3.63, 3.8) is 0 Å². The molecule has 0 saturated heterocycles. The predicted octanol–water partition coefficient (Wildman–Crippen LogP) is 3.10. The lowest BCUT2D eigenvalue weighted by molar-refractivity contribution is -0.104. The van der Waals surface area contributed by atoms with Gasteiger partial charge in [0.25, 0.3) is 0 Å². The molecule has 0 aliphatic heterocycles. The molecule has 68 valence electrons. The number of aldehydes is 1. The third-order valence-corrected chi connectivity index (χ3v) is 2.27. The summed E-state index contributed by atoms with van der Waals surface area (Å²) in [5, 5.41) is 0.0278. The van der Waals surface area contributed by atoms with Gasteiger partial charge in [-0.1, -0.05) is 17.7 Å². The molecule has 0 amide bonds. The zero-order valence-corrected chi connectivity index (χ0v) is 8.40. The molecule has 0 spiro atoms.